The van der Waals surface area contributed by atoms with Gasteiger partial charge in [-0.1, -0.05) is 25.9 Å². The second-order valence-electron chi connectivity index (χ2n) is 8.75. The summed E-state index contributed by atoms with van der Waals surface area (Å²) in [5.41, 5.74) is 2.04. The lowest BCUT2D eigenvalue weighted by Crippen LogP contribution is -2.36. The minimum Gasteiger partial charge on any atom is -0.384 e. The quantitative estimate of drug-likeness (QED) is 0.583. The molecular weight excluding hydrogens is 392 g/mol. The zero-order valence-electron chi connectivity index (χ0n) is 18.8. The minimum atomic E-state index is 0.292. The van der Waals surface area contributed by atoms with Crippen LogP contribution in [-0.4, -0.2) is 49.5 Å². The SMILES string of the molecule is Cc1nc(-n2cncn2)ccc1NCC[C@@H](C)C1CCN(c2nc(C(C)C)no2)CC1. The van der Waals surface area contributed by atoms with Crippen LogP contribution in [0.3, 0.4) is 0 Å². The van der Waals surface area contributed by atoms with Gasteiger partial charge in [0.2, 0.25) is 0 Å². The average molecular weight is 425 g/mol. The molecule has 0 aliphatic carbocycles. The highest BCUT2D eigenvalue weighted by Crippen LogP contribution is 2.29. The van der Waals surface area contributed by atoms with Crippen molar-refractivity contribution in [2.24, 2.45) is 11.8 Å². The van der Waals surface area contributed by atoms with E-state index in [0.717, 1.165) is 67.8 Å². The molecule has 166 valence electrons. The van der Waals surface area contributed by atoms with Gasteiger partial charge in [-0.3, -0.25) is 0 Å². The van der Waals surface area contributed by atoms with Crippen molar-refractivity contribution in [2.75, 3.05) is 29.9 Å². The van der Waals surface area contributed by atoms with Crippen molar-refractivity contribution in [3.05, 3.63) is 36.3 Å². The first kappa shape index (κ1) is 21.3. The summed E-state index contributed by atoms with van der Waals surface area (Å²) < 4.78 is 7.13. The second kappa shape index (κ2) is 9.45. The Balaban J connectivity index is 1.23. The molecule has 9 heteroatoms. The predicted octanol–water partition coefficient (Wildman–Crippen LogP) is 3.83. The zero-order valence-corrected chi connectivity index (χ0v) is 18.8. The third kappa shape index (κ3) is 5.03. The maximum absolute atomic E-state index is 5.46. The van der Waals surface area contributed by atoms with E-state index in [4.69, 9.17) is 4.52 Å². The molecule has 0 amide bonds. The monoisotopic (exact) mass is 424 g/mol. The average Bonchev–Trinajstić information content (AvgIpc) is 3.47. The number of piperidine rings is 1. The van der Waals surface area contributed by atoms with E-state index < -0.39 is 0 Å². The van der Waals surface area contributed by atoms with Crippen LogP contribution in [0, 0.1) is 18.8 Å². The molecule has 1 atom stereocenters. The van der Waals surface area contributed by atoms with Crippen LogP contribution >= 0.6 is 0 Å². The van der Waals surface area contributed by atoms with Crippen LogP contribution < -0.4 is 10.2 Å². The molecule has 1 aliphatic heterocycles. The molecule has 9 nitrogen and oxygen atoms in total. The van der Waals surface area contributed by atoms with Crippen LogP contribution in [0.5, 0.6) is 0 Å². The van der Waals surface area contributed by atoms with Gasteiger partial charge >= 0.3 is 6.01 Å². The molecule has 3 aromatic heterocycles. The summed E-state index contributed by atoms with van der Waals surface area (Å²) in [6, 6.07) is 4.71. The van der Waals surface area contributed by atoms with E-state index in [9.17, 15) is 0 Å². The maximum Gasteiger partial charge on any atom is 0.324 e. The summed E-state index contributed by atoms with van der Waals surface area (Å²) in [5.74, 6) is 3.24. The first-order valence-electron chi connectivity index (χ1n) is 11.2. The van der Waals surface area contributed by atoms with E-state index in [0.29, 0.717) is 17.9 Å². The maximum atomic E-state index is 5.46. The molecule has 0 unspecified atom stereocenters. The molecular formula is C22H32N8O. The number of aromatic nitrogens is 6. The van der Waals surface area contributed by atoms with Gasteiger partial charge in [-0.2, -0.15) is 10.1 Å². The molecule has 0 spiro atoms. The van der Waals surface area contributed by atoms with Gasteiger partial charge in [-0.25, -0.2) is 14.6 Å². The number of anilines is 2. The Morgan fingerprint density at radius 2 is 1.97 bits per heavy atom. The number of hydrogen-bond acceptors (Lipinski definition) is 8. The molecule has 0 radical (unpaired) electrons. The summed E-state index contributed by atoms with van der Waals surface area (Å²) in [4.78, 5) is 15.4. The van der Waals surface area contributed by atoms with Crippen molar-refractivity contribution < 1.29 is 4.52 Å². The highest BCUT2D eigenvalue weighted by molar-refractivity contribution is 5.49. The normalized spacial score (nSPS) is 16.1. The van der Waals surface area contributed by atoms with Gasteiger partial charge in [-0.05, 0) is 50.2 Å². The van der Waals surface area contributed by atoms with E-state index in [1.165, 1.54) is 6.33 Å². The topological polar surface area (TPSA) is 97.8 Å². The lowest BCUT2D eigenvalue weighted by atomic mass is 9.83. The number of rotatable bonds is 8. The molecule has 4 heterocycles. The number of pyridine rings is 1. The third-order valence-electron chi connectivity index (χ3n) is 6.20. The van der Waals surface area contributed by atoms with E-state index in [1.807, 2.05) is 13.0 Å². The van der Waals surface area contributed by atoms with Crippen LogP contribution in [0.25, 0.3) is 5.82 Å². The summed E-state index contributed by atoms with van der Waals surface area (Å²) in [7, 11) is 0. The molecule has 1 saturated heterocycles. The standard InChI is InChI=1S/C22H32N8O/c1-15(2)21-27-22(31-28-21)29-11-8-18(9-12-29)16(3)7-10-24-19-5-6-20(26-17(19)4)30-14-23-13-25-30/h5-6,13-16,18,24H,7-12H2,1-4H3/t16-/m1/s1. The fraction of sp³-hybridized carbons (Fsp3) is 0.591. The Morgan fingerprint density at radius 3 is 2.61 bits per heavy atom. The molecule has 4 rings (SSSR count). The Kier molecular flexibility index (Phi) is 6.48. The highest BCUT2D eigenvalue weighted by atomic mass is 16.5. The van der Waals surface area contributed by atoms with Gasteiger partial charge in [0, 0.05) is 25.6 Å². The Labute approximate surface area is 183 Å². The summed E-state index contributed by atoms with van der Waals surface area (Å²) in [6.07, 6.45) is 6.62. The fourth-order valence-corrected chi connectivity index (χ4v) is 4.11. The van der Waals surface area contributed by atoms with Crippen LogP contribution in [0.15, 0.2) is 29.3 Å². The Morgan fingerprint density at radius 1 is 1.16 bits per heavy atom. The van der Waals surface area contributed by atoms with Gasteiger partial charge < -0.3 is 14.7 Å². The molecule has 1 aliphatic rings. The molecule has 1 N–H and O–H groups in total. The van der Waals surface area contributed by atoms with Gasteiger partial charge in [-0.15, -0.1) is 0 Å². The number of hydrogen-bond donors (Lipinski definition) is 1. The van der Waals surface area contributed by atoms with Crippen LogP contribution in [0.2, 0.25) is 0 Å². The summed E-state index contributed by atoms with van der Waals surface area (Å²) in [5, 5.41) is 11.8. The lowest BCUT2D eigenvalue weighted by Gasteiger charge is -2.34. The van der Waals surface area contributed by atoms with E-state index in [2.05, 4.69) is 62.3 Å². The number of aryl methyl sites for hydroxylation is 1. The molecule has 0 bridgehead atoms. The van der Waals surface area contributed by atoms with Crippen molar-refractivity contribution in [3.8, 4) is 5.82 Å². The van der Waals surface area contributed by atoms with Gasteiger partial charge in [0.05, 0.1) is 11.4 Å². The predicted molar refractivity (Wildman–Crippen MR) is 119 cm³/mol. The van der Waals surface area contributed by atoms with Crippen LogP contribution in [0.4, 0.5) is 11.7 Å². The van der Waals surface area contributed by atoms with Gasteiger partial charge in [0.15, 0.2) is 11.6 Å². The summed E-state index contributed by atoms with van der Waals surface area (Å²) >= 11 is 0. The molecule has 31 heavy (non-hydrogen) atoms. The van der Waals surface area contributed by atoms with Crippen molar-refractivity contribution in [3.63, 3.8) is 0 Å². The molecule has 1 fully saturated rings. The van der Waals surface area contributed by atoms with E-state index >= 15 is 0 Å². The molecule has 0 aromatic carbocycles. The Hall–Kier alpha value is -2.97. The first-order valence-corrected chi connectivity index (χ1v) is 11.2. The van der Waals surface area contributed by atoms with E-state index in [-0.39, 0.29) is 0 Å². The Bertz CT molecular complexity index is 960. The minimum absolute atomic E-state index is 0.292. The number of nitrogens with zero attached hydrogens (tertiary/aromatic N) is 7. The number of nitrogens with one attached hydrogen (secondary N) is 1. The van der Waals surface area contributed by atoms with E-state index in [1.54, 1.807) is 11.0 Å². The van der Waals surface area contributed by atoms with Crippen molar-refractivity contribution in [1.29, 1.82) is 0 Å². The highest BCUT2D eigenvalue weighted by Gasteiger charge is 2.26. The first-order chi connectivity index (χ1) is 15.0. The zero-order chi connectivity index (χ0) is 21.8. The second-order valence-corrected chi connectivity index (χ2v) is 8.75. The van der Waals surface area contributed by atoms with Gasteiger partial charge in [0.25, 0.3) is 0 Å². The van der Waals surface area contributed by atoms with Crippen molar-refractivity contribution in [1.82, 2.24) is 29.9 Å². The smallest absolute Gasteiger partial charge is 0.324 e. The molecule has 0 saturated carbocycles. The van der Waals surface area contributed by atoms with Crippen molar-refractivity contribution >= 4 is 11.7 Å². The lowest BCUT2D eigenvalue weighted by molar-refractivity contribution is 0.275. The van der Waals surface area contributed by atoms with Crippen LogP contribution in [0.1, 0.15) is 57.5 Å². The largest absolute Gasteiger partial charge is 0.384 e. The van der Waals surface area contributed by atoms with Crippen LogP contribution in [-0.2, 0) is 0 Å². The van der Waals surface area contributed by atoms with Gasteiger partial charge in [0.1, 0.15) is 12.7 Å². The fourth-order valence-electron chi connectivity index (χ4n) is 4.11. The summed E-state index contributed by atoms with van der Waals surface area (Å²) in [6.45, 7) is 11.4. The van der Waals surface area contributed by atoms with Crippen molar-refractivity contribution in [2.45, 2.75) is 52.9 Å². The molecule has 3 aromatic rings. The third-order valence-corrected chi connectivity index (χ3v) is 6.20.